The van der Waals surface area contributed by atoms with E-state index in [0.29, 0.717) is 38.8 Å². The van der Waals surface area contributed by atoms with Crippen LogP contribution in [0.25, 0.3) is 0 Å². The lowest BCUT2D eigenvalue weighted by Crippen LogP contribution is -2.48. The third-order valence-electron chi connectivity index (χ3n) is 5.69. The summed E-state index contributed by atoms with van der Waals surface area (Å²) in [7, 11) is 0. The summed E-state index contributed by atoms with van der Waals surface area (Å²) in [6.07, 6.45) is 5.26. The van der Waals surface area contributed by atoms with E-state index >= 15 is 0 Å². The van der Waals surface area contributed by atoms with Crippen LogP contribution in [0.15, 0.2) is 30.3 Å². The minimum Gasteiger partial charge on any atom is -0.460 e. The molecule has 3 amide bonds. The van der Waals surface area contributed by atoms with Gasteiger partial charge in [-0.15, -0.1) is 0 Å². The summed E-state index contributed by atoms with van der Waals surface area (Å²) in [4.78, 5) is 48.8. The number of rotatable bonds is 17. The molecule has 0 saturated carbocycles. The Morgan fingerprint density at radius 2 is 1.29 bits per heavy atom. The molecule has 1 rings (SSSR count). The molecule has 1 aromatic carbocycles. The van der Waals surface area contributed by atoms with Crippen LogP contribution in [0, 0.1) is 0 Å². The van der Waals surface area contributed by atoms with E-state index in [1.807, 2.05) is 51.1 Å². The van der Waals surface area contributed by atoms with Crippen molar-refractivity contribution in [2.45, 2.75) is 123 Å². The molecule has 0 fully saturated rings. The smallest absolute Gasteiger partial charge is 0.408 e. The second-order valence-corrected chi connectivity index (χ2v) is 12.1. The van der Waals surface area contributed by atoms with Crippen LogP contribution < -0.4 is 16.0 Å². The molecule has 0 bridgehead atoms. The molecule has 0 aliphatic heterocycles. The topological polar surface area (TPSA) is 132 Å². The summed E-state index contributed by atoms with van der Waals surface area (Å²) < 4.78 is 15.8. The van der Waals surface area contributed by atoms with Crippen molar-refractivity contribution in [1.82, 2.24) is 16.0 Å². The number of hydrogen-bond acceptors (Lipinski definition) is 7. The molecule has 1 aromatic rings. The molecule has 1 atom stereocenters. The molecule has 10 heteroatoms. The molecule has 0 aromatic heterocycles. The zero-order chi connectivity index (χ0) is 30.7. The van der Waals surface area contributed by atoms with Gasteiger partial charge >= 0.3 is 18.2 Å². The molecule has 3 N–H and O–H groups in total. The molecule has 0 aliphatic rings. The lowest BCUT2D eigenvalue weighted by atomic mass is 10.1. The van der Waals surface area contributed by atoms with Crippen LogP contribution in [-0.2, 0) is 30.4 Å². The van der Waals surface area contributed by atoms with Crippen LogP contribution in [0.4, 0.5) is 9.59 Å². The van der Waals surface area contributed by atoms with Gasteiger partial charge in [-0.3, -0.25) is 9.59 Å². The fourth-order valence-corrected chi connectivity index (χ4v) is 3.81. The van der Waals surface area contributed by atoms with Crippen molar-refractivity contribution < 1.29 is 33.4 Å². The number of unbranched alkanes of at least 4 members (excludes halogenated alkanes) is 5. The van der Waals surface area contributed by atoms with E-state index in [1.165, 1.54) is 0 Å². The Morgan fingerprint density at radius 1 is 0.707 bits per heavy atom. The predicted octanol–water partition coefficient (Wildman–Crippen LogP) is 5.77. The van der Waals surface area contributed by atoms with Crippen LogP contribution in [-0.4, -0.2) is 54.4 Å². The minimum atomic E-state index is -0.747. The molecule has 0 radical (unpaired) electrons. The van der Waals surface area contributed by atoms with E-state index in [2.05, 4.69) is 16.0 Å². The highest BCUT2D eigenvalue weighted by molar-refractivity contribution is 5.85. The Bertz CT molecular complexity index is 924. The molecule has 0 aliphatic carbocycles. The number of amides is 3. The average Bonchev–Trinajstić information content (AvgIpc) is 2.86. The maximum atomic E-state index is 12.8. The van der Waals surface area contributed by atoms with Gasteiger partial charge < -0.3 is 30.2 Å². The summed E-state index contributed by atoms with van der Waals surface area (Å²) >= 11 is 0. The van der Waals surface area contributed by atoms with Gasteiger partial charge in [-0.2, -0.15) is 0 Å². The third kappa shape index (κ3) is 20.3. The lowest BCUT2D eigenvalue weighted by molar-refractivity contribution is -0.154. The zero-order valence-electron chi connectivity index (χ0n) is 25.8. The van der Waals surface area contributed by atoms with Gasteiger partial charge in [0.25, 0.3) is 0 Å². The quantitative estimate of drug-likeness (QED) is 0.122. The molecular formula is C31H51N3O7. The molecule has 232 valence electrons. The Hall–Kier alpha value is -3.30. The normalized spacial score (nSPS) is 12.1. The fourth-order valence-electron chi connectivity index (χ4n) is 3.81. The van der Waals surface area contributed by atoms with Crippen molar-refractivity contribution >= 4 is 24.1 Å². The van der Waals surface area contributed by atoms with Gasteiger partial charge in [-0.1, -0.05) is 49.6 Å². The zero-order valence-corrected chi connectivity index (χ0v) is 25.8. The van der Waals surface area contributed by atoms with E-state index in [4.69, 9.17) is 14.2 Å². The molecule has 0 unspecified atom stereocenters. The number of benzene rings is 1. The van der Waals surface area contributed by atoms with Gasteiger partial charge in [0.05, 0.1) is 0 Å². The summed E-state index contributed by atoms with van der Waals surface area (Å²) in [5.41, 5.74) is -0.236. The lowest BCUT2D eigenvalue weighted by Gasteiger charge is -2.23. The number of alkyl carbamates (subject to hydrolysis) is 2. The number of carbonyl (C=O) groups excluding carboxylic acids is 4. The highest BCUT2D eigenvalue weighted by Crippen LogP contribution is 2.12. The number of ether oxygens (including phenoxy) is 3. The van der Waals surface area contributed by atoms with Crippen molar-refractivity contribution in [2.24, 2.45) is 0 Å². The summed E-state index contributed by atoms with van der Waals surface area (Å²) in [6.45, 7) is 11.9. The van der Waals surface area contributed by atoms with E-state index in [9.17, 15) is 19.2 Å². The first-order valence-corrected chi connectivity index (χ1v) is 14.7. The third-order valence-corrected chi connectivity index (χ3v) is 5.69. The van der Waals surface area contributed by atoms with Gasteiger partial charge in [0.2, 0.25) is 5.91 Å². The Balaban J connectivity index is 2.33. The van der Waals surface area contributed by atoms with Crippen LogP contribution >= 0.6 is 0 Å². The van der Waals surface area contributed by atoms with E-state index < -0.39 is 29.4 Å². The van der Waals surface area contributed by atoms with Crippen molar-refractivity contribution in [3.63, 3.8) is 0 Å². The van der Waals surface area contributed by atoms with Gasteiger partial charge in [-0.05, 0) is 79.2 Å². The average molecular weight is 578 g/mol. The molecule has 0 saturated heterocycles. The van der Waals surface area contributed by atoms with Crippen LogP contribution in [0.1, 0.15) is 105 Å². The minimum absolute atomic E-state index is 0.174. The summed E-state index contributed by atoms with van der Waals surface area (Å²) in [5.74, 6) is -0.442. The molecular weight excluding hydrogens is 526 g/mol. The Labute approximate surface area is 245 Å². The van der Waals surface area contributed by atoms with Crippen molar-refractivity contribution in [2.75, 3.05) is 13.1 Å². The largest absolute Gasteiger partial charge is 0.460 e. The predicted molar refractivity (Wildman–Crippen MR) is 158 cm³/mol. The van der Waals surface area contributed by atoms with Gasteiger partial charge in [0.15, 0.2) is 0 Å². The summed E-state index contributed by atoms with van der Waals surface area (Å²) in [6, 6.07) is 8.67. The number of hydrogen-bond donors (Lipinski definition) is 3. The van der Waals surface area contributed by atoms with E-state index in [-0.39, 0.29) is 18.5 Å². The van der Waals surface area contributed by atoms with Gasteiger partial charge in [0.1, 0.15) is 23.9 Å². The first kappa shape index (κ1) is 35.7. The Kier molecular flexibility index (Phi) is 16.5. The monoisotopic (exact) mass is 577 g/mol. The van der Waals surface area contributed by atoms with Crippen LogP contribution in [0.3, 0.4) is 0 Å². The highest BCUT2D eigenvalue weighted by atomic mass is 16.6. The van der Waals surface area contributed by atoms with Crippen molar-refractivity contribution in [3.05, 3.63) is 35.9 Å². The first-order chi connectivity index (χ1) is 19.2. The fraction of sp³-hybridized carbons (Fsp3) is 0.677. The van der Waals surface area contributed by atoms with Crippen LogP contribution in [0.5, 0.6) is 0 Å². The molecule has 0 spiro atoms. The summed E-state index contributed by atoms with van der Waals surface area (Å²) in [5, 5.41) is 8.29. The van der Waals surface area contributed by atoms with Gasteiger partial charge in [-0.25, -0.2) is 9.59 Å². The SMILES string of the molecule is CC(C)(C)OC(=O)CCCCCCCNC(=O)[C@H](CCCCNC(=O)OCc1ccccc1)NC(=O)OC(C)(C)C. The second-order valence-electron chi connectivity index (χ2n) is 12.1. The molecule has 10 nitrogen and oxygen atoms in total. The van der Waals surface area contributed by atoms with Crippen molar-refractivity contribution in [3.8, 4) is 0 Å². The van der Waals surface area contributed by atoms with E-state index in [0.717, 1.165) is 37.7 Å². The second kappa shape index (κ2) is 18.9. The van der Waals surface area contributed by atoms with Crippen molar-refractivity contribution in [1.29, 1.82) is 0 Å². The molecule has 41 heavy (non-hydrogen) atoms. The molecule has 0 heterocycles. The Morgan fingerprint density at radius 3 is 1.95 bits per heavy atom. The number of carbonyl (C=O) groups is 4. The first-order valence-electron chi connectivity index (χ1n) is 14.7. The number of esters is 1. The highest BCUT2D eigenvalue weighted by Gasteiger charge is 2.24. The standard InChI is InChI=1S/C31H51N3O7/c1-30(2,3)40-26(35)20-13-8-7-9-15-21-32-27(36)25(34-29(38)41-31(4,5)6)19-14-16-22-33-28(37)39-23-24-17-11-10-12-18-24/h10-12,17-18,25H,7-9,13-16,19-23H2,1-6H3,(H,32,36)(H,33,37)(H,34,38)/t25-/m0/s1. The van der Waals surface area contributed by atoms with Crippen LogP contribution in [0.2, 0.25) is 0 Å². The van der Waals surface area contributed by atoms with E-state index in [1.54, 1.807) is 20.8 Å². The maximum absolute atomic E-state index is 12.8. The van der Waals surface area contributed by atoms with Gasteiger partial charge in [0, 0.05) is 19.5 Å². The number of nitrogens with one attached hydrogen (secondary N) is 3. The maximum Gasteiger partial charge on any atom is 0.408 e.